The van der Waals surface area contributed by atoms with Crippen molar-refractivity contribution in [3.8, 4) is 0 Å². The highest BCUT2D eigenvalue weighted by Crippen LogP contribution is 2.23. The Labute approximate surface area is 105 Å². The SMILES string of the molecule is CN(c1ccncc1)c1ccc(C(=O)Cl)cc1. The molecule has 2 aromatic rings. The summed E-state index contributed by atoms with van der Waals surface area (Å²) in [6.45, 7) is 0. The number of halogens is 1. The van der Waals surface area contributed by atoms with Gasteiger partial charge in [-0.15, -0.1) is 0 Å². The maximum atomic E-state index is 10.9. The number of carbonyl (C=O) groups excluding carboxylic acids is 1. The highest BCUT2D eigenvalue weighted by Gasteiger charge is 2.05. The van der Waals surface area contributed by atoms with Gasteiger partial charge >= 0.3 is 0 Å². The summed E-state index contributed by atoms with van der Waals surface area (Å²) in [5, 5.41) is -0.442. The van der Waals surface area contributed by atoms with Crippen LogP contribution in [0.3, 0.4) is 0 Å². The molecule has 4 heteroatoms. The van der Waals surface area contributed by atoms with Crippen LogP contribution in [0.5, 0.6) is 0 Å². The molecule has 0 spiro atoms. The molecular formula is C13H11ClN2O. The van der Waals surface area contributed by atoms with E-state index in [4.69, 9.17) is 11.6 Å². The second-order valence-corrected chi connectivity index (χ2v) is 3.93. The van der Waals surface area contributed by atoms with E-state index in [0.29, 0.717) is 5.56 Å². The van der Waals surface area contributed by atoms with Gasteiger partial charge in [-0.2, -0.15) is 0 Å². The fraction of sp³-hybridized carbons (Fsp3) is 0.0769. The van der Waals surface area contributed by atoms with Gasteiger partial charge in [0.1, 0.15) is 0 Å². The molecule has 0 atom stereocenters. The second-order valence-electron chi connectivity index (χ2n) is 3.59. The van der Waals surface area contributed by atoms with E-state index < -0.39 is 5.24 Å². The summed E-state index contributed by atoms with van der Waals surface area (Å²) >= 11 is 5.39. The van der Waals surface area contributed by atoms with Gasteiger partial charge in [-0.05, 0) is 48.0 Å². The Bertz CT molecular complexity index is 511. The number of nitrogens with zero attached hydrogens (tertiary/aromatic N) is 2. The van der Waals surface area contributed by atoms with Crippen LogP contribution in [0, 0.1) is 0 Å². The fourth-order valence-corrected chi connectivity index (χ4v) is 1.66. The van der Waals surface area contributed by atoms with Crippen molar-refractivity contribution in [2.75, 3.05) is 11.9 Å². The number of hydrogen-bond donors (Lipinski definition) is 0. The normalized spacial score (nSPS) is 10.0. The molecule has 17 heavy (non-hydrogen) atoms. The van der Waals surface area contributed by atoms with E-state index in [1.54, 1.807) is 24.5 Å². The smallest absolute Gasteiger partial charge is 0.252 e. The zero-order valence-electron chi connectivity index (χ0n) is 9.30. The minimum atomic E-state index is -0.442. The number of carbonyl (C=O) groups is 1. The van der Waals surface area contributed by atoms with Crippen LogP contribution in [0.25, 0.3) is 0 Å². The molecule has 1 aromatic heterocycles. The summed E-state index contributed by atoms with van der Waals surface area (Å²) in [6, 6.07) is 11.0. The lowest BCUT2D eigenvalue weighted by Gasteiger charge is -2.19. The highest BCUT2D eigenvalue weighted by molar-refractivity contribution is 6.67. The number of hydrogen-bond acceptors (Lipinski definition) is 3. The maximum absolute atomic E-state index is 10.9. The molecule has 0 aliphatic rings. The van der Waals surface area contributed by atoms with Crippen molar-refractivity contribution in [3.05, 3.63) is 54.4 Å². The van der Waals surface area contributed by atoms with Crippen LogP contribution < -0.4 is 4.90 Å². The molecule has 0 bridgehead atoms. The Balaban J connectivity index is 2.26. The van der Waals surface area contributed by atoms with Crippen molar-refractivity contribution < 1.29 is 4.79 Å². The number of anilines is 2. The largest absolute Gasteiger partial charge is 0.345 e. The molecule has 0 saturated carbocycles. The molecule has 1 aromatic carbocycles. The molecule has 86 valence electrons. The van der Waals surface area contributed by atoms with Gasteiger partial charge in [-0.3, -0.25) is 9.78 Å². The second kappa shape index (κ2) is 4.97. The minimum absolute atomic E-state index is 0.442. The van der Waals surface area contributed by atoms with Crippen LogP contribution >= 0.6 is 11.6 Å². The zero-order valence-corrected chi connectivity index (χ0v) is 10.1. The summed E-state index contributed by atoms with van der Waals surface area (Å²) < 4.78 is 0. The van der Waals surface area contributed by atoms with Gasteiger partial charge in [0.05, 0.1) is 0 Å². The van der Waals surface area contributed by atoms with Crippen LogP contribution in [0.4, 0.5) is 11.4 Å². The van der Waals surface area contributed by atoms with Crippen LogP contribution in [0.15, 0.2) is 48.8 Å². The summed E-state index contributed by atoms with van der Waals surface area (Å²) in [4.78, 5) is 16.9. The van der Waals surface area contributed by atoms with Crippen LogP contribution in [0.2, 0.25) is 0 Å². The molecule has 0 N–H and O–H groups in total. The molecule has 0 fully saturated rings. The standard InChI is InChI=1S/C13H11ClN2O/c1-16(12-6-8-15-9-7-12)11-4-2-10(3-5-11)13(14)17/h2-9H,1H3. The third kappa shape index (κ3) is 2.63. The van der Waals surface area contributed by atoms with E-state index >= 15 is 0 Å². The molecule has 0 amide bonds. The molecule has 0 radical (unpaired) electrons. The van der Waals surface area contributed by atoms with E-state index in [1.807, 2.05) is 36.2 Å². The number of benzene rings is 1. The van der Waals surface area contributed by atoms with E-state index in [2.05, 4.69) is 4.98 Å². The Morgan fingerprint density at radius 3 is 2.12 bits per heavy atom. The number of rotatable bonds is 3. The van der Waals surface area contributed by atoms with Gasteiger partial charge in [0.2, 0.25) is 0 Å². The number of aromatic nitrogens is 1. The van der Waals surface area contributed by atoms with Crippen molar-refractivity contribution in [2.45, 2.75) is 0 Å². The molecule has 0 saturated heterocycles. The van der Waals surface area contributed by atoms with Crippen LogP contribution in [-0.4, -0.2) is 17.3 Å². The highest BCUT2D eigenvalue weighted by atomic mass is 35.5. The van der Waals surface area contributed by atoms with E-state index in [1.165, 1.54) is 0 Å². The molecule has 3 nitrogen and oxygen atoms in total. The molecule has 0 aliphatic heterocycles. The Morgan fingerprint density at radius 2 is 1.59 bits per heavy atom. The third-order valence-corrected chi connectivity index (χ3v) is 2.75. The zero-order chi connectivity index (χ0) is 12.3. The van der Waals surface area contributed by atoms with Crippen molar-refractivity contribution in [1.82, 2.24) is 4.98 Å². The summed E-state index contributed by atoms with van der Waals surface area (Å²) in [6.07, 6.45) is 3.48. The summed E-state index contributed by atoms with van der Waals surface area (Å²) in [5.41, 5.74) is 2.52. The topological polar surface area (TPSA) is 33.2 Å². The Kier molecular flexibility index (Phi) is 3.40. The van der Waals surface area contributed by atoms with Gasteiger partial charge in [0.15, 0.2) is 0 Å². The lowest BCUT2D eigenvalue weighted by Crippen LogP contribution is -2.09. The van der Waals surface area contributed by atoms with Crippen molar-refractivity contribution in [3.63, 3.8) is 0 Å². The van der Waals surface area contributed by atoms with Gasteiger partial charge in [-0.25, -0.2) is 0 Å². The van der Waals surface area contributed by atoms with Crippen LogP contribution in [-0.2, 0) is 0 Å². The van der Waals surface area contributed by atoms with E-state index in [0.717, 1.165) is 11.4 Å². The third-order valence-electron chi connectivity index (χ3n) is 2.53. The molecule has 2 rings (SSSR count). The van der Waals surface area contributed by atoms with Gasteiger partial charge < -0.3 is 4.90 Å². The summed E-state index contributed by atoms with van der Waals surface area (Å²) in [5.74, 6) is 0. The summed E-state index contributed by atoms with van der Waals surface area (Å²) in [7, 11) is 1.95. The lowest BCUT2D eigenvalue weighted by atomic mass is 10.2. The predicted octanol–water partition coefficient (Wildman–Crippen LogP) is 3.23. The number of pyridine rings is 1. The predicted molar refractivity (Wildman–Crippen MR) is 68.9 cm³/mol. The minimum Gasteiger partial charge on any atom is -0.345 e. The maximum Gasteiger partial charge on any atom is 0.252 e. The first-order valence-corrected chi connectivity index (χ1v) is 5.50. The first-order valence-electron chi connectivity index (χ1n) is 5.12. The Morgan fingerprint density at radius 1 is 1.06 bits per heavy atom. The van der Waals surface area contributed by atoms with E-state index in [-0.39, 0.29) is 0 Å². The van der Waals surface area contributed by atoms with Gasteiger partial charge in [-0.1, -0.05) is 0 Å². The van der Waals surface area contributed by atoms with Crippen molar-refractivity contribution in [2.24, 2.45) is 0 Å². The molecular weight excluding hydrogens is 236 g/mol. The Hall–Kier alpha value is -1.87. The fourth-order valence-electron chi connectivity index (χ4n) is 1.53. The average molecular weight is 247 g/mol. The molecule has 1 heterocycles. The first-order chi connectivity index (χ1) is 8.18. The van der Waals surface area contributed by atoms with Gasteiger partial charge in [0, 0.05) is 36.4 Å². The lowest BCUT2D eigenvalue weighted by molar-refractivity contribution is 0.108. The monoisotopic (exact) mass is 246 g/mol. The van der Waals surface area contributed by atoms with Crippen LogP contribution in [0.1, 0.15) is 10.4 Å². The molecule has 0 unspecified atom stereocenters. The van der Waals surface area contributed by atoms with Crippen molar-refractivity contribution in [1.29, 1.82) is 0 Å². The first kappa shape index (κ1) is 11.6. The average Bonchev–Trinajstić information content (AvgIpc) is 2.39. The van der Waals surface area contributed by atoms with Crippen molar-refractivity contribution >= 4 is 28.2 Å². The van der Waals surface area contributed by atoms with Gasteiger partial charge in [0.25, 0.3) is 5.24 Å². The van der Waals surface area contributed by atoms with E-state index in [9.17, 15) is 4.79 Å². The molecule has 0 aliphatic carbocycles. The quantitative estimate of drug-likeness (QED) is 0.780.